The molecule has 0 fully saturated rings. The molecule has 1 amide bonds. The Morgan fingerprint density at radius 2 is 1.96 bits per heavy atom. The lowest BCUT2D eigenvalue weighted by Gasteiger charge is -2.10. The summed E-state index contributed by atoms with van der Waals surface area (Å²) in [6.45, 7) is 0. The molecular formula is C20H19ClN2O3S. The minimum Gasteiger partial charge on any atom is -0.497 e. The fourth-order valence-electron chi connectivity index (χ4n) is 2.61. The summed E-state index contributed by atoms with van der Waals surface area (Å²) in [6.07, 6.45) is 2.63. The van der Waals surface area contributed by atoms with Crippen LogP contribution in [0.5, 0.6) is 11.5 Å². The minimum atomic E-state index is -0.155. The van der Waals surface area contributed by atoms with Crippen LogP contribution >= 0.6 is 22.9 Å². The molecule has 27 heavy (non-hydrogen) atoms. The van der Waals surface area contributed by atoms with Crippen molar-refractivity contribution in [3.63, 3.8) is 0 Å². The molecule has 0 atom stereocenters. The largest absolute Gasteiger partial charge is 0.497 e. The zero-order valence-corrected chi connectivity index (χ0v) is 16.6. The van der Waals surface area contributed by atoms with E-state index in [9.17, 15) is 4.79 Å². The van der Waals surface area contributed by atoms with Crippen molar-refractivity contribution >= 4 is 34.0 Å². The van der Waals surface area contributed by atoms with Gasteiger partial charge in [0.2, 0.25) is 5.91 Å². The van der Waals surface area contributed by atoms with E-state index in [0.29, 0.717) is 23.1 Å². The van der Waals surface area contributed by atoms with E-state index in [0.717, 1.165) is 21.0 Å². The van der Waals surface area contributed by atoms with E-state index in [-0.39, 0.29) is 12.3 Å². The molecule has 3 aromatic rings. The van der Waals surface area contributed by atoms with Crippen LogP contribution in [0.2, 0.25) is 5.02 Å². The molecule has 0 radical (unpaired) electrons. The fourth-order valence-corrected chi connectivity index (χ4v) is 3.67. The van der Waals surface area contributed by atoms with E-state index in [1.165, 1.54) is 11.3 Å². The summed E-state index contributed by atoms with van der Waals surface area (Å²) in [7, 11) is 3.15. The Balaban J connectivity index is 1.64. The number of anilines is 1. The number of hydrogen-bond donors (Lipinski definition) is 1. The SMILES string of the molecule is COc1ccc(CC(=O)Nc2ncc(Cc3ccccc3Cl)s2)c(OC)c1. The van der Waals surface area contributed by atoms with Gasteiger partial charge in [-0.25, -0.2) is 4.98 Å². The van der Waals surface area contributed by atoms with E-state index < -0.39 is 0 Å². The zero-order chi connectivity index (χ0) is 19.2. The molecule has 1 N–H and O–H groups in total. The topological polar surface area (TPSA) is 60.5 Å². The number of benzene rings is 2. The van der Waals surface area contributed by atoms with Crippen molar-refractivity contribution in [2.75, 3.05) is 19.5 Å². The first-order valence-electron chi connectivity index (χ1n) is 8.28. The molecular weight excluding hydrogens is 384 g/mol. The maximum Gasteiger partial charge on any atom is 0.230 e. The molecule has 3 rings (SSSR count). The quantitative estimate of drug-likeness (QED) is 0.628. The molecule has 1 heterocycles. The number of halogens is 1. The number of rotatable bonds is 7. The number of carbonyl (C=O) groups excluding carboxylic acids is 1. The highest BCUT2D eigenvalue weighted by Crippen LogP contribution is 2.27. The van der Waals surface area contributed by atoms with Crippen LogP contribution in [0, 0.1) is 0 Å². The number of aromatic nitrogens is 1. The smallest absolute Gasteiger partial charge is 0.230 e. The molecule has 0 bridgehead atoms. The van der Waals surface area contributed by atoms with Crippen molar-refractivity contribution < 1.29 is 14.3 Å². The summed E-state index contributed by atoms with van der Waals surface area (Å²) in [5, 5.41) is 4.13. The standard InChI is InChI=1S/C20H19ClN2O3S/c1-25-15-8-7-14(18(11-15)26-2)10-19(24)23-20-22-12-16(27-20)9-13-5-3-4-6-17(13)21/h3-8,11-12H,9-10H2,1-2H3,(H,22,23,24). The van der Waals surface area contributed by atoms with E-state index in [2.05, 4.69) is 10.3 Å². The zero-order valence-electron chi connectivity index (χ0n) is 15.0. The average Bonchev–Trinajstić information content (AvgIpc) is 3.10. The van der Waals surface area contributed by atoms with Gasteiger partial charge in [-0.1, -0.05) is 35.9 Å². The Morgan fingerprint density at radius 1 is 1.15 bits per heavy atom. The fraction of sp³-hybridized carbons (Fsp3) is 0.200. The molecule has 140 valence electrons. The van der Waals surface area contributed by atoms with Crippen LogP contribution in [0.3, 0.4) is 0 Å². The van der Waals surface area contributed by atoms with Crippen molar-refractivity contribution in [3.05, 3.63) is 69.7 Å². The summed E-state index contributed by atoms with van der Waals surface area (Å²) >= 11 is 7.64. The van der Waals surface area contributed by atoms with Gasteiger partial charge in [-0.2, -0.15) is 0 Å². The molecule has 7 heteroatoms. The van der Waals surface area contributed by atoms with E-state index in [1.54, 1.807) is 32.5 Å². The number of carbonyl (C=O) groups is 1. The van der Waals surface area contributed by atoms with Gasteiger partial charge in [0.05, 0.1) is 20.6 Å². The first-order valence-corrected chi connectivity index (χ1v) is 9.47. The van der Waals surface area contributed by atoms with E-state index in [4.69, 9.17) is 21.1 Å². The first kappa shape index (κ1) is 19.2. The van der Waals surface area contributed by atoms with Crippen molar-refractivity contribution in [3.8, 4) is 11.5 Å². The third-order valence-corrected chi connectivity index (χ3v) is 5.25. The number of nitrogens with one attached hydrogen (secondary N) is 1. The van der Waals surface area contributed by atoms with Crippen molar-refractivity contribution in [2.45, 2.75) is 12.8 Å². The lowest BCUT2D eigenvalue weighted by molar-refractivity contribution is -0.115. The Labute approximate surface area is 166 Å². The average molecular weight is 403 g/mol. The number of ether oxygens (including phenoxy) is 2. The summed E-state index contributed by atoms with van der Waals surface area (Å²) < 4.78 is 10.5. The maximum atomic E-state index is 12.4. The Morgan fingerprint density at radius 3 is 2.70 bits per heavy atom. The van der Waals surface area contributed by atoms with Crippen molar-refractivity contribution in [1.29, 1.82) is 0 Å². The Kier molecular flexibility index (Phi) is 6.32. The van der Waals surface area contributed by atoms with Crippen LogP contribution in [-0.4, -0.2) is 25.1 Å². The molecule has 0 spiro atoms. The summed E-state index contributed by atoms with van der Waals surface area (Å²) in [5.41, 5.74) is 1.81. The van der Waals surface area contributed by atoms with Crippen LogP contribution < -0.4 is 14.8 Å². The summed E-state index contributed by atoms with van der Waals surface area (Å²) in [4.78, 5) is 17.7. The number of amides is 1. The van der Waals surface area contributed by atoms with Crippen LogP contribution in [0.1, 0.15) is 16.0 Å². The van der Waals surface area contributed by atoms with Crippen LogP contribution in [0.4, 0.5) is 5.13 Å². The van der Waals surface area contributed by atoms with Gasteiger partial charge in [0.15, 0.2) is 5.13 Å². The molecule has 0 saturated heterocycles. The summed E-state index contributed by atoms with van der Waals surface area (Å²) in [6, 6.07) is 13.1. The van der Waals surface area contributed by atoms with Gasteiger partial charge >= 0.3 is 0 Å². The molecule has 0 unspecified atom stereocenters. The van der Waals surface area contributed by atoms with E-state index >= 15 is 0 Å². The van der Waals surface area contributed by atoms with Crippen molar-refractivity contribution in [2.24, 2.45) is 0 Å². The predicted molar refractivity (Wildman–Crippen MR) is 108 cm³/mol. The summed E-state index contributed by atoms with van der Waals surface area (Å²) in [5.74, 6) is 1.14. The number of thiazole rings is 1. The third kappa shape index (κ3) is 4.99. The second-order valence-electron chi connectivity index (χ2n) is 5.80. The highest BCUT2D eigenvalue weighted by Gasteiger charge is 2.12. The Hall–Kier alpha value is -2.57. The highest BCUT2D eigenvalue weighted by atomic mass is 35.5. The van der Waals surface area contributed by atoms with Gasteiger partial charge in [-0.15, -0.1) is 11.3 Å². The minimum absolute atomic E-state index is 0.155. The molecule has 0 aliphatic heterocycles. The van der Waals surface area contributed by atoms with Gasteiger partial charge < -0.3 is 14.8 Å². The number of hydrogen-bond acceptors (Lipinski definition) is 5. The monoisotopic (exact) mass is 402 g/mol. The molecule has 0 aliphatic carbocycles. The van der Waals surface area contributed by atoms with Gasteiger partial charge in [0.25, 0.3) is 0 Å². The van der Waals surface area contributed by atoms with Crippen LogP contribution in [-0.2, 0) is 17.6 Å². The lowest BCUT2D eigenvalue weighted by atomic mass is 10.1. The third-order valence-electron chi connectivity index (χ3n) is 3.97. The van der Waals surface area contributed by atoms with Gasteiger partial charge in [-0.05, 0) is 17.7 Å². The van der Waals surface area contributed by atoms with Crippen LogP contribution in [0.15, 0.2) is 48.7 Å². The maximum absolute atomic E-state index is 12.4. The second kappa shape index (κ2) is 8.88. The number of nitrogens with zero attached hydrogens (tertiary/aromatic N) is 1. The molecule has 2 aromatic carbocycles. The number of methoxy groups -OCH3 is 2. The van der Waals surface area contributed by atoms with Crippen molar-refractivity contribution in [1.82, 2.24) is 4.98 Å². The highest BCUT2D eigenvalue weighted by molar-refractivity contribution is 7.15. The van der Waals surface area contributed by atoms with Gasteiger partial charge in [0, 0.05) is 34.1 Å². The van der Waals surface area contributed by atoms with Gasteiger partial charge in [0.1, 0.15) is 11.5 Å². The lowest BCUT2D eigenvalue weighted by Crippen LogP contribution is -2.14. The Bertz CT molecular complexity index is 942. The second-order valence-corrected chi connectivity index (χ2v) is 7.33. The molecule has 0 saturated carbocycles. The normalized spacial score (nSPS) is 10.5. The predicted octanol–water partition coefficient (Wildman–Crippen LogP) is 4.59. The van der Waals surface area contributed by atoms with Gasteiger partial charge in [-0.3, -0.25) is 4.79 Å². The molecule has 5 nitrogen and oxygen atoms in total. The molecule has 0 aliphatic rings. The van der Waals surface area contributed by atoms with Crippen LogP contribution in [0.25, 0.3) is 0 Å². The van der Waals surface area contributed by atoms with E-state index in [1.807, 2.05) is 30.3 Å². The molecule has 1 aromatic heterocycles. The first-order chi connectivity index (χ1) is 13.1.